The van der Waals surface area contributed by atoms with E-state index in [0.29, 0.717) is 0 Å². The van der Waals surface area contributed by atoms with Crippen LogP contribution in [0.1, 0.15) is 0 Å². The highest BCUT2D eigenvalue weighted by Crippen LogP contribution is 2.39. The van der Waals surface area contributed by atoms with E-state index in [4.69, 9.17) is 0 Å². The van der Waals surface area contributed by atoms with Crippen LogP contribution < -0.4 is 4.90 Å². The number of anilines is 3. The second kappa shape index (κ2) is 13.4. The minimum Gasteiger partial charge on any atom is -0.311 e. The molecule has 0 N–H and O–H groups in total. The lowest BCUT2D eigenvalue weighted by molar-refractivity contribution is 1.18. The first-order valence-corrected chi connectivity index (χ1v) is 18.5. The van der Waals surface area contributed by atoms with Gasteiger partial charge in [0.1, 0.15) is 0 Å². The number of benzene rings is 9. The minimum absolute atomic E-state index is 1.10. The Hall–Kier alpha value is -7.16. The van der Waals surface area contributed by atoms with Crippen molar-refractivity contribution in [1.82, 2.24) is 4.57 Å². The smallest absolute Gasteiger partial charge is 0.0541 e. The lowest BCUT2D eigenvalue weighted by Crippen LogP contribution is -2.09. The summed E-state index contributed by atoms with van der Waals surface area (Å²) in [4.78, 5) is 2.35. The van der Waals surface area contributed by atoms with E-state index < -0.39 is 0 Å². The van der Waals surface area contributed by atoms with E-state index in [9.17, 15) is 0 Å². The van der Waals surface area contributed by atoms with Gasteiger partial charge in [-0.05, 0) is 117 Å². The van der Waals surface area contributed by atoms with Gasteiger partial charge >= 0.3 is 0 Å². The third-order valence-corrected chi connectivity index (χ3v) is 10.6. The third kappa shape index (κ3) is 5.71. The van der Waals surface area contributed by atoms with E-state index in [0.717, 1.165) is 17.1 Å². The predicted molar refractivity (Wildman–Crippen MR) is 229 cm³/mol. The van der Waals surface area contributed by atoms with Gasteiger partial charge in [-0.1, -0.05) is 146 Å². The van der Waals surface area contributed by atoms with E-state index >= 15 is 0 Å². The summed E-state index contributed by atoms with van der Waals surface area (Å²) < 4.78 is 2.36. The number of nitrogens with zero attached hydrogens (tertiary/aromatic N) is 2. The van der Waals surface area contributed by atoms with E-state index in [-0.39, 0.29) is 0 Å². The van der Waals surface area contributed by atoms with E-state index in [1.807, 2.05) is 0 Å². The maximum atomic E-state index is 2.36. The molecule has 254 valence electrons. The summed E-state index contributed by atoms with van der Waals surface area (Å²) in [5, 5.41) is 5.01. The van der Waals surface area contributed by atoms with Crippen molar-refractivity contribution in [3.05, 3.63) is 218 Å². The lowest BCUT2D eigenvalue weighted by Gasteiger charge is -2.26. The summed E-state index contributed by atoms with van der Waals surface area (Å²) in [7, 11) is 0. The lowest BCUT2D eigenvalue weighted by atomic mass is 10.0. The van der Waals surface area contributed by atoms with Crippen molar-refractivity contribution in [3.8, 4) is 39.1 Å². The molecule has 0 aliphatic carbocycles. The molecule has 0 amide bonds. The average Bonchev–Trinajstić information content (AvgIpc) is 3.59. The predicted octanol–water partition coefficient (Wildman–Crippen LogP) is 14.4. The maximum absolute atomic E-state index is 2.36. The van der Waals surface area contributed by atoms with Gasteiger partial charge in [0.25, 0.3) is 0 Å². The van der Waals surface area contributed by atoms with E-state index in [1.165, 1.54) is 71.6 Å². The second-order valence-corrected chi connectivity index (χ2v) is 13.8. The standard InChI is InChI=1S/C52H36N2/c1-3-11-37(12-4-1)39-21-28-46(29-22-39)53(47-30-23-40(24-31-47)43-20-19-38-13-7-8-14-42(38)35-43)48-32-25-41(26-33-48)44-27-34-52-50(36-44)49-17-9-10-18-51(49)54(52)45-15-5-2-6-16-45/h1-36H. The molecule has 10 rings (SSSR count). The minimum atomic E-state index is 1.10. The molecular weight excluding hydrogens is 653 g/mol. The number of aromatic nitrogens is 1. The number of para-hydroxylation sites is 2. The van der Waals surface area contributed by atoms with Crippen LogP contribution in [0.25, 0.3) is 71.6 Å². The average molecular weight is 689 g/mol. The number of hydrogen-bond donors (Lipinski definition) is 0. The molecule has 0 fully saturated rings. The molecule has 9 aromatic carbocycles. The Balaban J connectivity index is 1.03. The fourth-order valence-electron chi connectivity index (χ4n) is 7.86. The van der Waals surface area contributed by atoms with Crippen molar-refractivity contribution in [2.24, 2.45) is 0 Å². The number of rotatable bonds is 7. The fraction of sp³-hybridized carbons (Fsp3) is 0. The molecule has 0 aliphatic heterocycles. The zero-order valence-corrected chi connectivity index (χ0v) is 29.7. The number of hydrogen-bond acceptors (Lipinski definition) is 1. The van der Waals surface area contributed by atoms with Gasteiger partial charge in [0.05, 0.1) is 11.0 Å². The monoisotopic (exact) mass is 688 g/mol. The van der Waals surface area contributed by atoms with Gasteiger partial charge in [0.2, 0.25) is 0 Å². The van der Waals surface area contributed by atoms with Crippen LogP contribution in [0.5, 0.6) is 0 Å². The summed E-state index contributed by atoms with van der Waals surface area (Å²) in [5.74, 6) is 0. The summed E-state index contributed by atoms with van der Waals surface area (Å²) in [6, 6.07) is 78.8. The van der Waals surface area contributed by atoms with Gasteiger partial charge < -0.3 is 9.47 Å². The van der Waals surface area contributed by atoms with Crippen molar-refractivity contribution in [3.63, 3.8) is 0 Å². The second-order valence-electron chi connectivity index (χ2n) is 13.8. The highest BCUT2D eigenvalue weighted by Gasteiger charge is 2.16. The van der Waals surface area contributed by atoms with Crippen LogP contribution in [0.2, 0.25) is 0 Å². The van der Waals surface area contributed by atoms with Crippen LogP contribution >= 0.6 is 0 Å². The van der Waals surface area contributed by atoms with Crippen molar-refractivity contribution in [2.75, 3.05) is 4.90 Å². The van der Waals surface area contributed by atoms with E-state index in [1.54, 1.807) is 0 Å². The highest BCUT2D eigenvalue weighted by molar-refractivity contribution is 6.10. The molecule has 2 nitrogen and oxygen atoms in total. The Morgan fingerprint density at radius 3 is 1.37 bits per heavy atom. The maximum Gasteiger partial charge on any atom is 0.0541 e. The van der Waals surface area contributed by atoms with Crippen molar-refractivity contribution >= 4 is 49.6 Å². The molecule has 0 atom stereocenters. The Morgan fingerprint density at radius 2 is 0.722 bits per heavy atom. The molecule has 10 aromatic rings. The molecule has 0 radical (unpaired) electrons. The quantitative estimate of drug-likeness (QED) is 0.162. The Kier molecular flexibility index (Phi) is 7.85. The van der Waals surface area contributed by atoms with E-state index in [2.05, 4.69) is 228 Å². The van der Waals surface area contributed by atoms with Gasteiger partial charge in [0.15, 0.2) is 0 Å². The summed E-state index contributed by atoms with van der Waals surface area (Å²) in [5.41, 5.74) is 14.1. The van der Waals surface area contributed by atoms with Crippen molar-refractivity contribution in [2.45, 2.75) is 0 Å². The first-order chi connectivity index (χ1) is 26.8. The van der Waals surface area contributed by atoms with Crippen LogP contribution in [0, 0.1) is 0 Å². The van der Waals surface area contributed by atoms with Gasteiger partial charge in [-0.25, -0.2) is 0 Å². The summed E-state index contributed by atoms with van der Waals surface area (Å²) in [6.07, 6.45) is 0. The Morgan fingerprint density at radius 1 is 0.278 bits per heavy atom. The fourth-order valence-corrected chi connectivity index (χ4v) is 7.86. The zero-order chi connectivity index (χ0) is 35.8. The van der Waals surface area contributed by atoms with Crippen LogP contribution in [-0.2, 0) is 0 Å². The first-order valence-electron chi connectivity index (χ1n) is 18.5. The van der Waals surface area contributed by atoms with Crippen LogP contribution in [0.3, 0.4) is 0 Å². The van der Waals surface area contributed by atoms with Gasteiger partial charge in [-0.15, -0.1) is 0 Å². The SMILES string of the molecule is c1ccc(-c2ccc(N(c3ccc(-c4ccc5ccccc5c4)cc3)c3ccc(-c4ccc5c(c4)c4ccccc4n5-c4ccccc4)cc3)cc2)cc1. The summed E-state index contributed by atoms with van der Waals surface area (Å²) >= 11 is 0. The first kappa shape index (κ1) is 31.6. The van der Waals surface area contributed by atoms with Crippen LogP contribution in [-0.4, -0.2) is 4.57 Å². The largest absolute Gasteiger partial charge is 0.311 e. The van der Waals surface area contributed by atoms with Crippen molar-refractivity contribution < 1.29 is 0 Å². The highest BCUT2D eigenvalue weighted by atomic mass is 15.1. The van der Waals surface area contributed by atoms with Crippen LogP contribution in [0.4, 0.5) is 17.1 Å². The topological polar surface area (TPSA) is 8.17 Å². The molecule has 0 saturated carbocycles. The summed E-state index contributed by atoms with van der Waals surface area (Å²) in [6.45, 7) is 0. The molecule has 1 aromatic heterocycles. The van der Waals surface area contributed by atoms with Crippen LogP contribution in [0.15, 0.2) is 218 Å². The van der Waals surface area contributed by atoms with Crippen molar-refractivity contribution in [1.29, 1.82) is 0 Å². The third-order valence-electron chi connectivity index (χ3n) is 10.6. The normalized spacial score (nSPS) is 11.3. The molecular formula is C52H36N2. The molecule has 0 bridgehead atoms. The van der Waals surface area contributed by atoms with Gasteiger partial charge in [0, 0.05) is 33.5 Å². The molecule has 0 unspecified atom stereocenters. The zero-order valence-electron chi connectivity index (χ0n) is 29.7. The van der Waals surface area contributed by atoms with Gasteiger partial charge in [-0.2, -0.15) is 0 Å². The Bertz CT molecular complexity index is 2890. The Labute approximate surface area is 315 Å². The molecule has 0 aliphatic rings. The number of fused-ring (bicyclic) bond motifs is 4. The van der Waals surface area contributed by atoms with Gasteiger partial charge in [-0.3, -0.25) is 0 Å². The molecule has 54 heavy (non-hydrogen) atoms. The molecule has 0 saturated heterocycles. The molecule has 0 spiro atoms. The molecule has 2 heteroatoms. The molecule has 1 heterocycles.